The monoisotopic (exact) mass is 491 g/mol. The van der Waals surface area contributed by atoms with Gasteiger partial charge < -0.3 is 14.9 Å². The van der Waals surface area contributed by atoms with Crippen LogP contribution in [0.1, 0.15) is 67.7 Å². The molecule has 2 aliphatic heterocycles. The molecule has 0 fully saturated rings. The molecule has 0 aliphatic carbocycles. The molecule has 190 valence electrons. The lowest BCUT2D eigenvalue weighted by Gasteiger charge is -2.34. The van der Waals surface area contributed by atoms with Crippen molar-refractivity contribution < 1.29 is 24.5 Å². The van der Waals surface area contributed by atoms with Crippen molar-refractivity contribution in [1.29, 1.82) is 0 Å². The maximum absolute atomic E-state index is 13.2. The smallest absolute Gasteiger partial charge is 0.309 e. The number of allylic oxidation sites excluding steroid dienone is 3. The number of aliphatic hydroxyl groups excluding tert-OH is 2. The molecule has 0 aromatic carbocycles. The van der Waals surface area contributed by atoms with Gasteiger partial charge >= 0.3 is 5.97 Å². The Balaban J connectivity index is 2.34. The minimum absolute atomic E-state index is 0.0607. The number of hydrogen-bond donors (Lipinski definition) is 2. The molecule has 2 aliphatic rings. The van der Waals surface area contributed by atoms with Gasteiger partial charge in [0.2, 0.25) is 0 Å². The Morgan fingerprint density at radius 2 is 1.88 bits per heavy atom. The number of carbonyl (C=O) groups excluding carboxylic acids is 2. The summed E-state index contributed by atoms with van der Waals surface area (Å²) >= 11 is 1.72. The summed E-state index contributed by atoms with van der Waals surface area (Å²) in [6, 6.07) is 0.0607. The fourth-order valence-corrected chi connectivity index (χ4v) is 5.12. The molecular formula is C27H41NO5S. The lowest BCUT2D eigenvalue weighted by molar-refractivity contribution is -0.154. The van der Waals surface area contributed by atoms with Crippen LogP contribution in [0.2, 0.25) is 0 Å². The van der Waals surface area contributed by atoms with Crippen molar-refractivity contribution in [2.75, 3.05) is 5.75 Å². The maximum Gasteiger partial charge on any atom is 0.309 e. The molecule has 0 bridgehead atoms. The zero-order valence-electron chi connectivity index (χ0n) is 21.6. The zero-order chi connectivity index (χ0) is 25.6. The summed E-state index contributed by atoms with van der Waals surface area (Å²) in [5.41, 5.74) is 0.746. The van der Waals surface area contributed by atoms with E-state index < -0.39 is 35.6 Å². The number of aliphatic hydroxyl groups is 2. The summed E-state index contributed by atoms with van der Waals surface area (Å²) in [6.07, 6.45) is 6.37. The second-order valence-electron chi connectivity index (χ2n) is 10.3. The number of carbonyl (C=O) groups is 2. The van der Waals surface area contributed by atoms with Gasteiger partial charge in [0.1, 0.15) is 11.9 Å². The van der Waals surface area contributed by atoms with Gasteiger partial charge in [0, 0.05) is 18.1 Å². The minimum Gasteiger partial charge on any atom is -0.457 e. The molecule has 0 aromatic heterocycles. The van der Waals surface area contributed by atoms with Crippen LogP contribution >= 0.6 is 11.8 Å². The molecule has 0 spiro atoms. The highest BCUT2D eigenvalue weighted by atomic mass is 32.2. The number of rotatable bonds is 2. The Morgan fingerprint density at radius 1 is 1.21 bits per heavy atom. The fraction of sp³-hybridized carbons (Fsp3) is 0.667. The first-order valence-electron chi connectivity index (χ1n) is 12.1. The number of esters is 1. The SMILES string of the molecule is CC1=CC[C@@H](C(C)=CC2CSC(C)=N2)OC(=O)C[C@H](O)C(C)(C)C(=O)[C@H](C)[C@@H](O)[C@@H](C)CC=C1. The van der Waals surface area contributed by atoms with Gasteiger partial charge in [0.25, 0.3) is 0 Å². The molecule has 2 N–H and O–H groups in total. The topological polar surface area (TPSA) is 96.2 Å². The number of ether oxygens (including phenoxy) is 1. The first kappa shape index (κ1) is 28.5. The molecule has 1 unspecified atom stereocenters. The summed E-state index contributed by atoms with van der Waals surface area (Å²) < 4.78 is 5.81. The van der Waals surface area contributed by atoms with Crippen molar-refractivity contribution in [2.45, 2.75) is 92.1 Å². The van der Waals surface area contributed by atoms with Gasteiger partial charge in [-0.3, -0.25) is 14.6 Å². The van der Waals surface area contributed by atoms with E-state index in [0.717, 1.165) is 21.9 Å². The summed E-state index contributed by atoms with van der Waals surface area (Å²) in [5.74, 6) is -0.737. The van der Waals surface area contributed by atoms with E-state index in [1.165, 1.54) is 0 Å². The molecule has 2 rings (SSSR count). The van der Waals surface area contributed by atoms with Crippen LogP contribution in [-0.2, 0) is 14.3 Å². The summed E-state index contributed by atoms with van der Waals surface area (Å²) in [4.78, 5) is 30.6. The molecule has 2 heterocycles. The number of aliphatic imine (C=N–C) groups is 1. The number of Topliss-reactive ketones (excluding diaryl/α,β-unsaturated/α-hetero) is 1. The van der Waals surface area contributed by atoms with Crippen LogP contribution in [0.4, 0.5) is 0 Å². The number of ketones is 1. The average Bonchev–Trinajstić information content (AvgIpc) is 3.18. The standard InChI is InChI=1S/C27H41NO5S/c1-16-9-8-10-17(2)25(31)19(4)26(32)27(6,7)23(29)14-24(30)33-22(12-11-16)18(3)13-21-15-34-20(5)28-21/h8-9,11,13,17,19,21-23,25,29,31H,10,12,14-15H2,1-7H3/t17-,19+,21?,22-,23-,25-/m0/s1. The van der Waals surface area contributed by atoms with Crippen LogP contribution in [0.3, 0.4) is 0 Å². The van der Waals surface area contributed by atoms with E-state index in [1.54, 1.807) is 32.5 Å². The Hall–Kier alpha value is -1.70. The van der Waals surface area contributed by atoms with E-state index in [4.69, 9.17) is 4.74 Å². The second kappa shape index (κ2) is 12.3. The van der Waals surface area contributed by atoms with Gasteiger partial charge in [-0.2, -0.15) is 0 Å². The Kier molecular flexibility index (Phi) is 10.3. The van der Waals surface area contributed by atoms with Crippen LogP contribution in [0.5, 0.6) is 0 Å². The molecule has 0 saturated carbocycles. The van der Waals surface area contributed by atoms with Gasteiger partial charge in [0.15, 0.2) is 0 Å². The quantitative estimate of drug-likeness (QED) is 0.431. The van der Waals surface area contributed by atoms with E-state index in [-0.39, 0.29) is 24.2 Å². The molecule has 0 aromatic rings. The largest absolute Gasteiger partial charge is 0.457 e. The van der Waals surface area contributed by atoms with E-state index in [2.05, 4.69) is 4.99 Å². The lowest BCUT2D eigenvalue weighted by atomic mass is 9.73. The van der Waals surface area contributed by atoms with Crippen molar-refractivity contribution in [3.63, 3.8) is 0 Å². The van der Waals surface area contributed by atoms with Gasteiger partial charge in [-0.05, 0) is 38.7 Å². The van der Waals surface area contributed by atoms with Gasteiger partial charge in [-0.15, -0.1) is 11.8 Å². The van der Waals surface area contributed by atoms with Gasteiger partial charge in [-0.1, -0.05) is 57.6 Å². The molecule has 0 radical (unpaired) electrons. The normalized spacial score (nSPS) is 34.4. The highest BCUT2D eigenvalue weighted by molar-refractivity contribution is 8.14. The third-order valence-electron chi connectivity index (χ3n) is 6.93. The predicted octanol–water partition coefficient (Wildman–Crippen LogP) is 4.65. The van der Waals surface area contributed by atoms with Crippen LogP contribution in [0.25, 0.3) is 0 Å². The van der Waals surface area contributed by atoms with Crippen molar-refractivity contribution in [2.24, 2.45) is 22.2 Å². The van der Waals surface area contributed by atoms with E-state index >= 15 is 0 Å². The molecular weight excluding hydrogens is 450 g/mol. The third kappa shape index (κ3) is 7.65. The van der Waals surface area contributed by atoms with Crippen LogP contribution in [0, 0.1) is 17.3 Å². The number of cyclic esters (lactones) is 1. The van der Waals surface area contributed by atoms with Crippen LogP contribution in [0.15, 0.2) is 40.4 Å². The maximum atomic E-state index is 13.2. The lowest BCUT2D eigenvalue weighted by Crippen LogP contribution is -2.45. The van der Waals surface area contributed by atoms with Crippen LogP contribution in [-0.4, -0.2) is 57.1 Å². The van der Waals surface area contributed by atoms with Crippen molar-refractivity contribution in [3.05, 3.63) is 35.5 Å². The number of hydrogen-bond acceptors (Lipinski definition) is 7. The molecule has 34 heavy (non-hydrogen) atoms. The first-order valence-corrected chi connectivity index (χ1v) is 13.1. The zero-order valence-corrected chi connectivity index (χ0v) is 22.4. The molecule has 0 saturated heterocycles. The summed E-state index contributed by atoms with van der Waals surface area (Å²) in [6.45, 7) is 12.8. The molecule has 0 amide bonds. The third-order valence-corrected chi connectivity index (χ3v) is 7.96. The minimum atomic E-state index is -1.22. The fourth-order valence-electron chi connectivity index (χ4n) is 4.32. The number of nitrogens with zero attached hydrogens (tertiary/aromatic N) is 1. The van der Waals surface area contributed by atoms with E-state index in [1.807, 2.05) is 52.0 Å². The van der Waals surface area contributed by atoms with Crippen molar-refractivity contribution in [1.82, 2.24) is 0 Å². The highest BCUT2D eigenvalue weighted by Crippen LogP contribution is 2.32. The Morgan fingerprint density at radius 3 is 2.50 bits per heavy atom. The first-order chi connectivity index (χ1) is 15.8. The van der Waals surface area contributed by atoms with Crippen LogP contribution < -0.4 is 0 Å². The summed E-state index contributed by atoms with van der Waals surface area (Å²) in [5, 5.41) is 22.6. The Bertz CT molecular complexity index is 872. The van der Waals surface area contributed by atoms with E-state index in [9.17, 15) is 19.8 Å². The van der Waals surface area contributed by atoms with Crippen molar-refractivity contribution in [3.8, 4) is 0 Å². The Labute approximate surface area is 208 Å². The molecule has 6 nitrogen and oxygen atoms in total. The average molecular weight is 492 g/mol. The van der Waals surface area contributed by atoms with Gasteiger partial charge in [-0.25, -0.2) is 0 Å². The van der Waals surface area contributed by atoms with E-state index in [0.29, 0.717) is 12.8 Å². The molecule has 7 heteroatoms. The number of thioether (sulfide) groups is 1. The molecule has 6 atom stereocenters. The summed E-state index contributed by atoms with van der Waals surface area (Å²) in [7, 11) is 0. The second-order valence-corrected chi connectivity index (χ2v) is 11.5. The van der Waals surface area contributed by atoms with Gasteiger partial charge in [0.05, 0.1) is 35.1 Å². The predicted molar refractivity (Wildman–Crippen MR) is 139 cm³/mol. The highest BCUT2D eigenvalue weighted by Gasteiger charge is 2.42. The van der Waals surface area contributed by atoms with Crippen molar-refractivity contribution >= 4 is 28.6 Å².